The van der Waals surface area contributed by atoms with E-state index in [1.807, 2.05) is 37.3 Å². The molecule has 1 aliphatic heterocycles. The van der Waals surface area contributed by atoms with E-state index in [1.165, 1.54) is 6.92 Å². The molecular weight excluding hydrogens is 486 g/mol. The third-order valence-electron chi connectivity index (χ3n) is 6.67. The number of amides is 1. The van der Waals surface area contributed by atoms with Crippen LogP contribution in [-0.4, -0.2) is 24.6 Å². The molecular formula is C26H30F6N2O2. The number of carbonyl (C=O) groups excluding carboxylic acids is 1. The molecule has 0 unspecified atom stereocenters. The van der Waals surface area contributed by atoms with Crippen molar-refractivity contribution in [2.75, 3.05) is 13.2 Å². The van der Waals surface area contributed by atoms with Gasteiger partial charge >= 0.3 is 12.4 Å². The largest absolute Gasteiger partial charge is 0.416 e. The van der Waals surface area contributed by atoms with E-state index in [2.05, 4.69) is 10.6 Å². The Kier molecular flexibility index (Phi) is 8.10. The van der Waals surface area contributed by atoms with Crippen molar-refractivity contribution in [1.82, 2.24) is 10.6 Å². The standard InChI is InChI=1S/C26H30F6N2O2/c1-4-22(35)34-23(3)10-11-24(33-15-23,19-8-6-5-7-9-19)16-36-17(2)18-12-20(25(27,28)29)14-21(13-18)26(30,31)32/h5-9,12-14,17,33H,4,10-11,15-16H2,1-3H3,(H,34,35)/t17-,23-,24-/m1/s1. The Morgan fingerprint density at radius 2 is 1.61 bits per heavy atom. The quantitative estimate of drug-likeness (QED) is 0.421. The third kappa shape index (κ3) is 6.59. The normalized spacial score (nSPS) is 23.8. The van der Waals surface area contributed by atoms with Crippen LogP contribution in [0.25, 0.3) is 0 Å². The fraction of sp³-hybridized carbons (Fsp3) is 0.500. The summed E-state index contributed by atoms with van der Waals surface area (Å²) in [7, 11) is 0. The molecule has 198 valence electrons. The van der Waals surface area contributed by atoms with Crippen molar-refractivity contribution < 1.29 is 35.9 Å². The average molecular weight is 517 g/mol. The Hall–Kier alpha value is -2.59. The lowest BCUT2D eigenvalue weighted by molar-refractivity contribution is -0.143. The molecule has 0 saturated carbocycles. The van der Waals surface area contributed by atoms with E-state index < -0.39 is 40.7 Å². The van der Waals surface area contributed by atoms with E-state index in [9.17, 15) is 31.1 Å². The number of piperidine rings is 1. The molecule has 0 aromatic heterocycles. The Labute approximate surface area is 206 Å². The molecule has 1 heterocycles. The lowest BCUT2D eigenvalue weighted by Gasteiger charge is -2.46. The molecule has 3 rings (SSSR count). The molecule has 1 amide bonds. The lowest BCUT2D eigenvalue weighted by Crippen LogP contribution is -2.62. The second kappa shape index (κ2) is 10.4. The van der Waals surface area contributed by atoms with Gasteiger partial charge in [0.1, 0.15) is 0 Å². The Bertz CT molecular complexity index is 1010. The Balaban J connectivity index is 1.85. The molecule has 0 bridgehead atoms. The van der Waals surface area contributed by atoms with Crippen molar-refractivity contribution in [1.29, 1.82) is 0 Å². The number of benzene rings is 2. The van der Waals surface area contributed by atoms with Crippen LogP contribution in [0.15, 0.2) is 48.5 Å². The van der Waals surface area contributed by atoms with Crippen LogP contribution in [0, 0.1) is 0 Å². The van der Waals surface area contributed by atoms with Crippen LogP contribution in [0.4, 0.5) is 26.3 Å². The summed E-state index contributed by atoms with van der Waals surface area (Å²) >= 11 is 0. The number of hydrogen-bond donors (Lipinski definition) is 2. The zero-order valence-electron chi connectivity index (χ0n) is 20.3. The highest BCUT2D eigenvalue weighted by molar-refractivity contribution is 5.76. The fourth-order valence-electron chi connectivity index (χ4n) is 4.35. The average Bonchev–Trinajstić information content (AvgIpc) is 2.83. The van der Waals surface area contributed by atoms with Gasteiger partial charge in [-0.3, -0.25) is 4.79 Å². The van der Waals surface area contributed by atoms with Gasteiger partial charge < -0.3 is 15.4 Å². The molecule has 1 fully saturated rings. The number of hydrogen-bond acceptors (Lipinski definition) is 3. The highest BCUT2D eigenvalue weighted by Crippen LogP contribution is 2.39. The summed E-state index contributed by atoms with van der Waals surface area (Å²) in [4.78, 5) is 12.0. The number of alkyl halides is 6. The van der Waals surface area contributed by atoms with Crippen LogP contribution in [0.1, 0.15) is 68.4 Å². The summed E-state index contributed by atoms with van der Waals surface area (Å²) in [6, 6.07) is 10.8. The van der Waals surface area contributed by atoms with Crippen LogP contribution in [0.5, 0.6) is 0 Å². The smallest absolute Gasteiger partial charge is 0.372 e. The molecule has 2 aromatic carbocycles. The zero-order valence-corrected chi connectivity index (χ0v) is 20.3. The van der Waals surface area contributed by atoms with E-state index in [0.29, 0.717) is 37.9 Å². The van der Waals surface area contributed by atoms with Gasteiger partial charge in [-0.1, -0.05) is 37.3 Å². The van der Waals surface area contributed by atoms with Crippen molar-refractivity contribution in [3.05, 3.63) is 70.8 Å². The van der Waals surface area contributed by atoms with Crippen molar-refractivity contribution in [3.63, 3.8) is 0 Å². The molecule has 4 nitrogen and oxygen atoms in total. The topological polar surface area (TPSA) is 50.4 Å². The first-order chi connectivity index (χ1) is 16.7. The highest BCUT2D eigenvalue weighted by Gasteiger charge is 2.43. The van der Waals surface area contributed by atoms with Gasteiger partial charge in [0.05, 0.1) is 29.4 Å². The second-order valence-electron chi connectivity index (χ2n) is 9.56. The number of rotatable bonds is 7. The Morgan fingerprint density at radius 3 is 2.08 bits per heavy atom. The van der Waals surface area contributed by atoms with E-state index in [0.717, 1.165) is 5.56 Å². The molecule has 0 spiro atoms. The number of ether oxygens (including phenoxy) is 1. The van der Waals surface area contributed by atoms with Crippen molar-refractivity contribution in [3.8, 4) is 0 Å². The molecule has 10 heteroatoms. The SMILES string of the molecule is CCC(=O)N[C@]1(C)CC[C@@](CO[C@H](C)c2cc(C(F)(F)F)cc(C(F)(F)F)c2)(c2ccccc2)NC1. The lowest BCUT2D eigenvalue weighted by atomic mass is 9.77. The summed E-state index contributed by atoms with van der Waals surface area (Å²) in [6.07, 6.45) is -9.43. The van der Waals surface area contributed by atoms with E-state index in [1.54, 1.807) is 6.92 Å². The summed E-state index contributed by atoms with van der Waals surface area (Å²) in [5.41, 5.74) is -3.32. The maximum atomic E-state index is 13.3. The van der Waals surface area contributed by atoms with Gasteiger partial charge in [-0.2, -0.15) is 26.3 Å². The first kappa shape index (κ1) is 28.0. The molecule has 3 atom stereocenters. The van der Waals surface area contributed by atoms with Crippen LogP contribution in [-0.2, 0) is 27.4 Å². The Morgan fingerprint density at radius 1 is 1.03 bits per heavy atom. The van der Waals surface area contributed by atoms with Crippen LogP contribution < -0.4 is 10.6 Å². The molecule has 2 aromatic rings. The monoisotopic (exact) mass is 516 g/mol. The van der Waals surface area contributed by atoms with E-state index in [-0.39, 0.29) is 24.1 Å². The van der Waals surface area contributed by atoms with E-state index >= 15 is 0 Å². The summed E-state index contributed by atoms with van der Waals surface area (Å²) in [5.74, 6) is -0.0820. The van der Waals surface area contributed by atoms with E-state index in [4.69, 9.17) is 4.74 Å². The van der Waals surface area contributed by atoms with Crippen molar-refractivity contribution in [2.45, 2.75) is 69.6 Å². The molecule has 36 heavy (non-hydrogen) atoms. The molecule has 1 aliphatic rings. The highest BCUT2D eigenvalue weighted by atomic mass is 19.4. The maximum Gasteiger partial charge on any atom is 0.416 e. The number of carbonyl (C=O) groups is 1. The summed E-state index contributed by atoms with van der Waals surface area (Å²) in [5, 5.41) is 6.46. The van der Waals surface area contributed by atoms with Gasteiger partial charge in [-0.25, -0.2) is 0 Å². The fourth-order valence-corrected chi connectivity index (χ4v) is 4.35. The molecule has 1 saturated heterocycles. The van der Waals surface area contributed by atoms with Crippen LogP contribution in [0.2, 0.25) is 0 Å². The minimum atomic E-state index is -4.93. The van der Waals surface area contributed by atoms with Crippen LogP contribution in [0.3, 0.4) is 0 Å². The second-order valence-corrected chi connectivity index (χ2v) is 9.56. The molecule has 2 N–H and O–H groups in total. The number of halogens is 6. The van der Waals surface area contributed by atoms with Gasteiger partial charge in [-0.15, -0.1) is 0 Å². The minimum Gasteiger partial charge on any atom is -0.372 e. The number of nitrogens with one attached hydrogen (secondary N) is 2. The summed E-state index contributed by atoms with van der Waals surface area (Å²) in [6.45, 7) is 5.53. The summed E-state index contributed by atoms with van der Waals surface area (Å²) < 4.78 is 85.7. The zero-order chi connectivity index (χ0) is 26.8. The van der Waals surface area contributed by atoms with Gasteiger partial charge in [-0.05, 0) is 56.0 Å². The van der Waals surface area contributed by atoms with Gasteiger partial charge in [0.2, 0.25) is 5.91 Å². The maximum absolute atomic E-state index is 13.3. The first-order valence-electron chi connectivity index (χ1n) is 11.7. The van der Waals surface area contributed by atoms with Crippen molar-refractivity contribution >= 4 is 5.91 Å². The van der Waals surface area contributed by atoms with Crippen molar-refractivity contribution in [2.24, 2.45) is 0 Å². The predicted molar refractivity (Wildman–Crippen MR) is 123 cm³/mol. The third-order valence-corrected chi connectivity index (χ3v) is 6.67. The molecule has 0 radical (unpaired) electrons. The van der Waals surface area contributed by atoms with Gasteiger partial charge in [0.15, 0.2) is 0 Å². The van der Waals surface area contributed by atoms with Crippen LogP contribution >= 0.6 is 0 Å². The van der Waals surface area contributed by atoms with Gasteiger partial charge in [0, 0.05) is 18.5 Å². The first-order valence-corrected chi connectivity index (χ1v) is 11.7. The van der Waals surface area contributed by atoms with Gasteiger partial charge in [0.25, 0.3) is 0 Å². The minimum absolute atomic E-state index is 0.00752. The predicted octanol–water partition coefficient (Wildman–Crippen LogP) is 6.37. The molecule has 0 aliphatic carbocycles.